The Morgan fingerprint density at radius 1 is 0.907 bits per heavy atom. The first-order valence-corrected chi connectivity index (χ1v) is 14.6. The van der Waals surface area contributed by atoms with Gasteiger partial charge in [0.05, 0.1) is 17.8 Å². The largest absolute Gasteiger partial charge is 0.434 e. The van der Waals surface area contributed by atoms with E-state index in [1.807, 2.05) is 60.7 Å². The number of anilines is 1. The van der Waals surface area contributed by atoms with Crippen LogP contribution < -0.4 is 4.90 Å². The zero-order valence-corrected chi connectivity index (χ0v) is 23.3. The number of thiazole rings is 1. The number of hydrogen-bond donors (Lipinski definition) is 1. The van der Waals surface area contributed by atoms with E-state index >= 15 is 0 Å². The minimum absolute atomic E-state index is 0.113. The lowest BCUT2D eigenvalue weighted by molar-refractivity contribution is -0.179. The fourth-order valence-electron chi connectivity index (χ4n) is 6.12. The normalized spacial score (nSPS) is 20.1. The number of benzene rings is 2. The number of ketones is 1. The smallest absolute Gasteiger partial charge is 0.384 e. The Hall–Kier alpha value is -3.71. The van der Waals surface area contributed by atoms with E-state index in [1.54, 1.807) is 4.90 Å². The highest BCUT2D eigenvalue weighted by atomic mass is 32.1. The molecule has 2 aromatic heterocycles. The molecule has 1 saturated heterocycles. The van der Waals surface area contributed by atoms with Crippen LogP contribution in [0.25, 0.3) is 0 Å². The Bertz CT molecular complexity index is 1550. The highest BCUT2D eigenvalue weighted by Gasteiger charge is 2.54. The number of rotatable bonds is 5. The molecule has 1 N–H and O–H groups in total. The molecule has 6 nitrogen and oxygen atoms in total. The van der Waals surface area contributed by atoms with Crippen LogP contribution in [0.15, 0.2) is 66.0 Å². The van der Waals surface area contributed by atoms with Gasteiger partial charge in [0.25, 0.3) is 0 Å². The standard InChI is InChI=1S/C30H26F6N4O2S/c31-29(32,33)22-16-43-28(37-22)39-13-11-17(12-14-39)25-23-20(15-21(41)27(42)24(23)30(34,35)36)40(38-25)26(18-7-3-1-4-8-18)19-9-5-2-6-10-19/h1-10,16-17,24,26-27,42H,11-15H2/t24-,27+/m0/s1. The summed E-state index contributed by atoms with van der Waals surface area (Å²) in [6, 6.07) is 17.6. The molecule has 2 aromatic carbocycles. The Morgan fingerprint density at radius 3 is 2.00 bits per heavy atom. The van der Waals surface area contributed by atoms with Crippen molar-refractivity contribution >= 4 is 22.3 Å². The third kappa shape index (κ3) is 5.55. The Kier molecular flexibility index (Phi) is 7.57. The van der Waals surface area contributed by atoms with Gasteiger partial charge < -0.3 is 10.0 Å². The fraction of sp³-hybridized carbons (Fsp3) is 0.367. The Balaban J connectivity index is 1.44. The number of aromatic nitrogens is 3. The molecule has 4 aromatic rings. The van der Waals surface area contributed by atoms with Crippen LogP contribution in [0.5, 0.6) is 0 Å². The number of Topliss-reactive ketones (excluding diaryl/α,β-unsaturated/α-hetero) is 1. The van der Waals surface area contributed by atoms with E-state index in [9.17, 15) is 36.2 Å². The van der Waals surface area contributed by atoms with Gasteiger partial charge in [0, 0.05) is 30.0 Å². The summed E-state index contributed by atoms with van der Waals surface area (Å²) in [5.41, 5.74) is 0.627. The number of alkyl halides is 6. The number of piperidine rings is 1. The molecular formula is C30H26F6N4O2S. The Labute approximate surface area is 246 Å². The molecule has 1 fully saturated rings. The zero-order chi connectivity index (χ0) is 30.5. The van der Waals surface area contributed by atoms with Crippen LogP contribution in [0.4, 0.5) is 31.5 Å². The summed E-state index contributed by atoms with van der Waals surface area (Å²) in [7, 11) is 0. The first-order chi connectivity index (χ1) is 20.4. The molecule has 1 aliphatic carbocycles. The molecule has 0 bridgehead atoms. The van der Waals surface area contributed by atoms with Gasteiger partial charge in [0.1, 0.15) is 18.1 Å². The summed E-state index contributed by atoms with van der Waals surface area (Å²) in [5, 5.41) is 16.5. The van der Waals surface area contributed by atoms with E-state index in [0.717, 1.165) is 27.8 Å². The van der Waals surface area contributed by atoms with E-state index in [4.69, 9.17) is 5.10 Å². The number of hydrogen-bond acceptors (Lipinski definition) is 6. The van der Waals surface area contributed by atoms with Crippen LogP contribution in [-0.2, 0) is 17.4 Å². The number of carbonyl (C=O) groups is 1. The van der Waals surface area contributed by atoms with Gasteiger partial charge in [0.15, 0.2) is 16.6 Å². The number of halogens is 6. The molecule has 6 rings (SSSR count). The molecule has 3 heterocycles. The number of carbonyl (C=O) groups excluding carboxylic acids is 1. The topological polar surface area (TPSA) is 71.2 Å². The predicted molar refractivity (Wildman–Crippen MR) is 147 cm³/mol. The van der Waals surface area contributed by atoms with Crippen molar-refractivity contribution in [1.82, 2.24) is 14.8 Å². The monoisotopic (exact) mass is 620 g/mol. The Morgan fingerprint density at radius 2 is 1.49 bits per heavy atom. The lowest BCUT2D eigenvalue weighted by Crippen LogP contribution is -2.43. The molecule has 226 valence electrons. The average molecular weight is 621 g/mol. The van der Waals surface area contributed by atoms with E-state index in [-0.39, 0.29) is 35.2 Å². The summed E-state index contributed by atoms with van der Waals surface area (Å²) in [5.74, 6) is -3.85. The number of nitrogens with zero attached hydrogens (tertiary/aromatic N) is 4. The van der Waals surface area contributed by atoms with Crippen molar-refractivity contribution in [3.8, 4) is 0 Å². The van der Waals surface area contributed by atoms with Crippen molar-refractivity contribution in [2.75, 3.05) is 18.0 Å². The van der Waals surface area contributed by atoms with Gasteiger partial charge in [-0.2, -0.15) is 31.4 Å². The fourth-order valence-corrected chi connectivity index (χ4v) is 7.00. The van der Waals surface area contributed by atoms with Crippen LogP contribution in [0.3, 0.4) is 0 Å². The number of fused-ring (bicyclic) bond motifs is 1. The van der Waals surface area contributed by atoms with Crippen molar-refractivity contribution in [3.05, 3.63) is 99.8 Å². The molecule has 13 heteroatoms. The summed E-state index contributed by atoms with van der Waals surface area (Å²) < 4.78 is 84.5. The highest BCUT2D eigenvalue weighted by Crippen LogP contribution is 2.48. The molecule has 2 atom stereocenters. The van der Waals surface area contributed by atoms with Crippen molar-refractivity contribution < 1.29 is 36.2 Å². The maximum Gasteiger partial charge on any atom is 0.434 e. The number of aliphatic hydroxyl groups is 1. The van der Waals surface area contributed by atoms with Gasteiger partial charge >= 0.3 is 12.4 Å². The SMILES string of the molecule is O=C1Cc2c(c(C3CCN(c4nc(C(F)(F)F)cs4)CC3)nn2C(c2ccccc2)c2ccccc2)[C@H](C(F)(F)F)[C@@H]1O. The molecular weight excluding hydrogens is 594 g/mol. The summed E-state index contributed by atoms with van der Waals surface area (Å²) >= 11 is 0.866. The van der Waals surface area contributed by atoms with E-state index < -0.39 is 54.2 Å². The van der Waals surface area contributed by atoms with Gasteiger partial charge in [-0.25, -0.2) is 4.98 Å². The average Bonchev–Trinajstić information content (AvgIpc) is 3.61. The minimum Gasteiger partial charge on any atom is -0.384 e. The second kappa shape index (κ2) is 11.1. The molecule has 0 saturated carbocycles. The van der Waals surface area contributed by atoms with Crippen LogP contribution in [0.2, 0.25) is 0 Å². The lowest BCUT2D eigenvalue weighted by atomic mass is 9.78. The van der Waals surface area contributed by atoms with Crippen LogP contribution in [0.1, 0.15) is 64.5 Å². The van der Waals surface area contributed by atoms with Gasteiger partial charge in [-0.3, -0.25) is 9.48 Å². The third-order valence-corrected chi connectivity index (χ3v) is 9.04. The lowest BCUT2D eigenvalue weighted by Gasteiger charge is -2.34. The minimum atomic E-state index is -4.92. The molecule has 0 unspecified atom stereocenters. The first-order valence-electron chi connectivity index (χ1n) is 13.7. The predicted octanol–water partition coefficient (Wildman–Crippen LogP) is 6.51. The number of aliphatic hydroxyl groups excluding tert-OH is 1. The zero-order valence-electron chi connectivity index (χ0n) is 22.5. The van der Waals surface area contributed by atoms with Crippen LogP contribution in [-0.4, -0.2) is 51.0 Å². The maximum absolute atomic E-state index is 14.6. The highest BCUT2D eigenvalue weighted by molar-refractivity contribution is 7.13. The van der Waals surface area contributed by atoms with Crippen molar-refractivity contribution in [2.24, 2.45) is 0 Å². The van der Waals surface area contributed by atoms with Crippen LogP contribution >= 0.6 is 11.3 Å². The van der Waals surface area contributed by atoms with E-state index in [2.05, 4.69) is 4.98 Å². The molecule has 0 spiro atoms. The van der Waals surface area contributed by atoms with Crippen molar-refractivity contribution in [1.29, 1.82) is 0 Å². The first kappa shape index (κ1) is 29.4. The van der Waals surface area contributed by atoms with Gasteiger partial charge in [-0.05, 0) is 24.0 Å². The summed E-state index contributed by atoms with van der Waals surface area (Å²) in [4.78, 5) is 18.2. The second-order valence-corrected chi connectivity index (χ2v) is 11.6. The third-order valence-electron chi connectivity index (χ3n) is 8.14. The van der Waals surface area contributed by atoms with Gasteiger partial charge in [-0.15, -0.1) is 11.3 Å². The van der Waals surface area contributed by atoms with E-state index in [0.29, 0.717) is 12.8 Å². The molecule has 43 heavy (non-hydrogen) atoms. The van der Waals surface area contributed by atoms with E-state index in [1.165, 1.54) is 4.68 Å². The van der Waals surface area contributed by atoms with Gasteiger partial charge in [0.2, 0.25) is 0 Å². The van der Waals surface area contributed by atoms with Crippen molar-refractivity contribution in [2.45, 2.75) is 55.6 Å². The van der Waals surface area contributed by atoms with Crippen molar-refractivity contribution in [3.63, 3.8) is 0 Å². The van der Waals surface area contributed by atoms with Gasteiger partial charge in [-0.1, -0.05) is 60.7 Å². The molecule has 0 radical (unpaired) electrons. The molecule has 1 aliphatic heterocycles. The quantitative estimate of drug-likeness (QED) is 0.258. The molecule has 0 amide bonds. The van der Waals surface area contributed by atoms with Crippen LogP contribution in [0, 0.1) is 0 Å². The molecule has 2 aliphatic rings. The second-order valence-electron chi connectivity index (χ2n) is 10.8. The maximum atomic E-state index is 14.6. The summed E-state index contributed by atoms with van der Waals surface area (Å²) in [6.45, 7) is 0.520. The summed E-state index contributed by atoms with van der Waals surface area (Å²) in [6.07, 6.45) is -11.5.